The van der Waals surface area contributed by atoms with E-state index < -0.39 is 0 Å². The second kappa shape index (κ2) is 8.04. The number of morpholine rings is 1. The van der Waals surface area contributed by atoms with Crippen LogP contribution in [0.2, 0.25) is 0 Å². The molecular weight excluding hydrogens is 200 g/mol. The van der Waals surface area contributed by atoms with Crippen molar-refractivity contribution in [2.24, 2.45) is 0 Å². The summed E-state index contributed by atoms with van der Waals surface area (Å²) in [4.78, 5) is 2.53. The van der Waals surface area contributed by atoms with Crippen LogP contribution in [0.3, 0.4) is 0 Å². The number of rotatable bonds is 7. The average molecular weight is 228 g/mol. The van der Waals surface area contributed by atoms with Gasteiger partial charge in [0.05, 0.1) is 12.7 Å². The van der Waals surface area contributed by atoms with Gasteiger partial charge in [0.25, 0.3) is 0 Å². The zero-order valence-corrected chi connectivity index (χ0v) is 11.2. The zero-order chi connectivity index (χ0) is 11.8. The van der Waals surface area contributed by atoms with E-state index in [4.69, 9.17) is 4.74 Å². The highest BCUT2D eigenvalue weighted by molar-refractivity contribution is 4.75. The van der Waals surface area contributed by atoms with Gasteiger partial charge < -0.3 is 10.1 Å². The normalized spacial score (nSPS) is 24.6. The molecule has 1 fully saturated rings. The molecule has 0 aromatic heterocycles. The van der Waals surface area contributed by atoms with E-state index in [-0.39, 0.29) is 0 Å². The maximum Gasteiger partial charge on any atom is 0.0674 e. The maximum atomic E-state index is 5.55. The van der Waals surface area contributed by atoms with Gasteiger partial charge in [0, 0.05) is 25.7 Å². The van der Waals surface area contributed by atoms with Crippen LogP contribution in [0.1, 0.15) is 40.0 Å². The maximum absolute atomic E-state index is 5.55. The zero-order valence-electron chi connectivity index (χ0n) is 11.2. The molecule has 16 heavy (non-hydrogen) atoms. The molecule has 0 amide bonds. The lowest BCUT2D eigenvalue weighted by Crippen LogP contribution is -2.49. The predicted molar refractivity (Wildman–Crippen MR) is 68.8 cm³/mol. The van der Waals surface area contributed by atoms with Crippen LogP contribution in [0.15, 0.2) is 0 Å². The average Bonchev–Trinajstić information content (AvgIpc) is 2.28. The van der Waals surface area contributed by atoms with Gasteiger partial charge in [-0.1, -0.05) is 19.8 Å². The second-order valence-electron chi connectivity index (χ2n) is 4.94. The fraction of sp³-hybridized carbons (Fsp3) is 1.00. The molecule has 0 radical (unpaired) electrons. The number of nitrogens with one attached hydrogen (secondary N) is 1. The summed E-state index contributed by atoms with van der Waals surface area (Å²) >= 11 is 0. The Morgan fingerprint density at radius 1 is 1.44 bits per heavy atom. The van der Waals surface area contributed by atoms with E-state index in [0.29, 0.717) is 12.1 Å². The van der Waals surface area contributed by atoms with Gasteiger partial charge in [0.2, 0.25) is 0 Å². The molecule has 0 saturated carbocycles. The van der Waals surface area contributed by atoms with Gasteiger partial charge in [-0.3, -0.25) is 4.90 Å². The fourth-order valence-corrected chi connectivity index (χ4v) is 2.19. The molecule has 3 nitrogen and oxygen atoms in total. The summed E-state index contributed by atoms with van der Waals surface area (Å²) in [5, 5.41) is 3.55. The fourth-order valence-electron chi connectivity index (χ4n) is 2.19. The van der Waals surface area contributed by atoms with E-state index in [1.165, 1.54) is 19.3 Å². The van der Waals surface area contributed by atoms with Crippen LogP contribution in [0.5, 0.6) is 0 Å². The SMILES string of the molecule is CCCCCNCC(C)N1CCOC(C)C1. The molecule has 1 aliphatic heterocycles. The van der Waals surface area contributed by atoms with E-state index in [1.807, 2.05) is 0 Å². The topological polar surface area (TPSA) is 24.5 Å². The van der Waals surface area contributed by atoms with Crippen molar-refractivity contribution in [3.05, 3.63) is 0 Å². The third-order valence-corrected chi connectivity index (χ3v) is 3.29. The molecule has 1 heterocycles. The first-order chi connectivity index (χ1) is 7.74. The smallest absolute Gasteiger partial charge is 0.0674 e. The molecule has 0 spiro atoms. The number of ether oxygens (including phenoxy) is 1. The molecule has 1 aliphatic rings. The summed E-state index contributed by atoms with van der Waals surface area (Å²) in [6.45, 7) is 12.0. The van der Waals surface area contributed by atoms with Crippen molar-refractivity contribution in [2.75, 3.05) is 32.8 Å². The van der Waals surface area contributed by atoms with Crippen molar-refractivity contribution in [1.29, 1.82) is 0 Å². The van der Waals surface area contributed by atoms with Crippen LogP contribution >= 0.6 is 0 Å². The number of hydrogen-bond acceptors (Lipinski definition) is 3. The molecule has 1 rings (SSSR count). The first-order valence-electron chi connectivity index (χ1n) is 6.80. The lowest BCUT2D eigenvalue weighted by atomic mass is 10.2. The van der Waals surface area contributed by atoms with E-state index in [0.717, 1.165) is 32.8 Å². The molecule has 2 atom stereocenters. The van der Waals surface area contributed by atoms with Gasteiger partial charge in [-0.15, -0.1) is 0 Å². The summed E-state index contributed by atoms with van der Waals surface area (Å²) in [5.74, 6) is 0. The van der Waals surface area contributed by atoms with Crippen molar-refractivity contribution >= 4 is 0 Å². The molecule has 2 unspecified atom stereocenters. The summed E-state index contributed by atoms with van der Waals surface area (Å²) in [7, 11) is 0. The van der Waals surface area contributed by atoms with Crippen LogP contribution in [0, 0.1) is 0 Å². The number of unbranched alkanes of at least 4 members (excludes halogenated alkanes) is 2. The quantitative estimate of drug-likeness (QED) is 0.673. The van der Waals surface area contributed by atoms with Crippen LogP contribution in [-0.2, 0) is 4.74 Å². The van der Waals surface area contributed by atoms with Crippen molar-refractivity contribution in [2.45, 2.75) is 52.2 Å². The third kappa shape index (κ3) is 5.28. The van der Waals surface area contributed by atoms with Crippen LogP contribution < -0.4 is 5.32 Å². The van der Waals surface area contributed by atoms with Gasteiger partial charge in [0.15, 0.2) is 0 Å². The molecular formula is C13H28N2O. The monoisotopic (exact) mass is 228 g/mol. The molecule has 0 aromatic carbocycles. The Morgan fingerprint density at radius 2 is 2.25 bits per heavy atom. The van der Waals surface area contributed by atoms with Crippen LogP contribution in [0.4, 0.5) is 0 Å². The van der Waals surface area contributed by atoms with Gasteiger partial charge in [-0.05, 0) is 26.8 Å². The number of hydrogen-bond donors (Lipinski definition) is 1. The van der Waals surface area contributed by atoms with Crippen LogP contribution in [-0.4, -0.2) is 49.8 Å². The summed E-state index contributed by atoms with van der Waals surface area (Å²) in [5.41, 5.74) is 0. The highest BCUT2D eigenvalue weighted by Gasteiger charge is 2.20. The Labute approximate surface area is 101 Å². The van der Waals surface area contributed by atoms with Crippen LogP contribution in [0.25, 0.3) is 0 Å². The molecule has 96 valence electrons. The first kappa shape index (κ1) is 13.9. The Kier molecular flexibility index (Phi) is 7.01. The molecule has 3 heteroatoms. The van der Waals surface area contributed by atoms with Gasteiger partial charge in [-0.2, -0.15) is 0 Å². The standard InChI is InChI=1S/C13H28N2O/c1-4-5-6-7-14-10-12(2)15-8-9-16-13(3)11-15/h12-14H,4-11H2,1-3H3. The summed E-state index contributed by atoms with van der Waals surface area (Å²) < 4.78 is 5.55. The Bertz CT molecular complexity index is 175. The highest BCUT2D eigenvalue weighted by atomic mass is 16.5. The second-order valence-corrected chi connectivity index (χ2v) is 4.94. The molecule has 0 bridgehead atoms. The van der Waals surface area contributed by atoms with Gasteiger partial charge >= 0.3 is 0 Å². The highest BCUT2D eigenvalue weighted by Crippen LogP contribution is 2.07. The molecule has 0 aromatic rings. The largest absolute Gasteiger partial charge is 0.376 e. The van der Waals surface area contributed by atoms with Crippen molar-refractivity contribution < 1.29 is 4.74 Å². The number of nitrogens with zero attached hydrogens (tertiary/aromatic N) is 1. The molecule has 0 aliphatic carbocycles. The Morgan fingerprint density at radius 3 is 2.94 bits per heavy atom. The Balaban J connectivity index is 2.06. The van der Waals surface area contributed by atoms with E-state index in [1.54, 1.807) is 0 Å². The molecule has 1 saturated heterocycles. The van der Waals surface area contributed by atoms with E-state index in [9.17, 15) is 0 Å². The van der Waals surface area contributed by atoms with Gasteiger partial charge in [0.1, 0.15) is 0 Å². The summed E-state index contributed by atoms with van der Waals surface area (Å²) in [6, 6.07) is 0.632. The first-order valence-corrected chi connectivity index (χ1v) is 6.80. The summed E-state index contributed by atoms with van der Waals surface area (Å²) in [6.07, 6.45) is 4.35. The van der Waals surface area contributed by atoms with E-state index in [2.05, 4.69) is 31.0 Å². The lowest BCUT2D eigenvalue weighted by molar-refractivity contribution is -0.0311. The van der Waals surface area contributed by atoms with E-state index >= 15 is 0 Å². The van der Waals surface area contributed by atoms with Crippen molar-refractivity contribution in [3.63, 3.8) is 0 Å². The minimum absolute atomic E-state index is 0.399. The minimum atomic E-state index is 0.399. The van der Waals surface area contributed by atoms with Crippen molar-refractivity contribution in [3.8, 4) is 0 Å². The van der Waals surface area contributed by atoms with Gasteiger partial charge in [-0.25, -0.2) is 0 Å². The Hall–Kier alpha value is -0.120. The third-order valence-electron chi connectivity index (χ3n) is 3.29. The lowest BCUT2D eigenvalue weighted by Gasteiger charge is -2.35. The molecule has 1 N–H and O–H groups in total. The van der Waals surface area contributed by atoms with Crippen molar-refractivity contribution in [1.82, 2.24) is 10.2 Å². The predicted octanol–water partition coefficient (Wildman–Crippen LogP) is 1.88. The minimum Gasteiger partial charge on any atom is -0.376 e.